The van der Waals surface area contributed by atoms with Crippen LogP contribution in [0.15, 0.2) is 18.3 Å². The van der Waals surface area contributed by atoms with E-state index in [1.165, 1.54) is 0 Å². The van der Waals surface area contributed by atoms with Crippen molar-refractivity contribution in [3.05, 3.63) is 45.6 Å². The van der Waals surface area contributed by atoms with Gasteiger partial charge < -0.3 is 4.74 Å². The Hall–Kier alpha value is -1.98. The van der Waals surface area contributed by atoms with E-state index in [0.717, 1.165) is 25.3 Å². The Morgan fingerprint density at radius 2 is 1.93 bits per heavy atom. The van der Waals surface area contributed by atoms with Crippen molar-refractivity contribution in [3.63, 3.8) is 0 Å². The zero-order valence-corrected chi connectivity index (χ0v) is 7.74. The van der Waals surface area contributed by atoms with Crippen LogP contribution in [-0.4, -0.2) is 12.0 Å². The van der Waals surface area contributed by atoms with Gasteiger partial charge in [0.25, 0.3) is 0 Å². The Morgan fingerprint density at radius 3 is 2.33 bits per heavy atom. The molecule has 0 saturated carbocycles. The first-order valence-electron chi connectivity index (χ1n) is 3.89. The highest BCUT2D eigenvalue weighted by atomic mass is 19.1. The summed E-state index contributed by atoms with van der Waals surface area (Å²) in [6.07, 6.45) is 1.59. The number of benzene rings is 1. The molecule has 80 valence electrons. The van der Waals surface area contributed by atoms with Crippen LogP contribution in [0.1, 0.15) is 5.56 Å². The lowest BCUT2D eigenvalue weighted by atomic mass is 10.2. The fraction of sp³-hybridized carbons (Fsp3) is 0.111. The summed E-state index contributed by atoms with van der Waals surface area (Å²) >= 11 is 0. The van der Waals surface area contributed by atoms with Crippen LogP contribution >= 0.6 is 0 Å². The van der Waals surface area contributed by atoms with Crippen molar-refractivity contribution in [2.24, 2.45) is 0 Å². The molecule has 0 aliphatic heterocycles. The van der Waals surface area contributed by atoms with Crippen LogP contribution < -0.4 is 4.74 Å². The maximum atomic E-state index is 13.1. The quantitative estimate of drug-likeness (QED) is 0.573. The first-order valence-corrected chi connectivity index (χ1v) is 3.89. The molecule has 0 N–H and O–H groups in total. The van der Waals surface area contributed by atoms with E-state index < -0.39 is 22.3 Å². The molecule has 0 unspecified atom stereocenters. The second-order valence-corrected chi connectivity index (χ2v) is 2.62. The third kappa shape index (κ3) is 2.73. The lowest BCUT2D eigenvalue weighted by Crippen LogP contribution is -1.93. The van der Waals surface area contributed by atoms with Gasteiger partial charge in [0.05, 0.1) is 12.0 Å². The van der Waals surface area contributed by atoms with Crippen molar-refractivity contribution in [1.82, 2.24) is 0 Å². The van der Waals surface area contributed by atoms with Crippen LogP contribution in [0.5, 0.6) is 5.75 Å². The standard InChI is InChI=1S/C9H7F2NO3/c1-15-9-7(10)4-6(5-8(9)11)2-3-12(13)14/h2-5H,1H3. The first kappa shape index (κ1) is 11.1. The van der Waals surface area contributed by atoms with Gasteiger partial charge in [-0.15, -0.1) is 0 Å². The van der Waals surface area contributed by atoms with Crippen LogP contribution in [0.25, 0.3) is 6.08 Å². The molecule has 0 radical (unpaired) electrons. The van der Waals surface area contributed by atoms with Crippen LogP contribution in [0.4, 0.5) is 8.78 Å². The van der Waals surface area contributed by atoms with E-state index in [1.54, 1.807) is 0 Å². The molecular weight excluding hydrogens is 208 g/mol. The second-order valence-electron chi connectivity index (χ2n) is 2.62. The molecule has 0 heterocycles. The molecule has 0 aliphatic carbocycles. The molecule has 0 saturated heterocycles. The highest BCUT2D eigenvalue weighted by Crippen LogP contribution is 2.23. The van der Waals surface area contributed by atoms with E-state index >= 15 is 0 Å². The number of nitrogens with zero attached hydrogens (tertiary/aromatic N) is 1. The topological polar surface area (TPSA) is 52.4 Å². The summed E-state index contributed by atoms with van der Waals surface area (Å²) in [7, 11) is 1.13. The minimum Gasteiger partial charge on any atom is -0.491 e. The molecular formula is C9H7F2NO3. The molecule has 6 heteroatoms. The van der Waals surface area contributed by atoms with Gasteiger partial charge in [0.2, 0.25) is 6.20 Å². The lowest BCUT2D eigenvalue weighted by Gasteiger charge is -2.03. The number of rotatable bonds is 3. The molecule has 0 fully saturated rings. The van der Waals surface area contributed by atoms with Gasteiger partial charge in [-0.05, 0) is 17.7 Å². The van der Waals surface area contributed by atoms with Gasteiger partial charge >= 0.3 is 0 Å². The summed E-state index contributed by atoms with van der Waals surface area (Å²) in [6, 6.07) is 1.89. The Morgan fingerprint density at radius 1 is 1.40 bits per heavy atom. The third-order valence-corrected chi connectivity index (χ3v) is 1.61. The van der Waals surface area contributed by atoms with Gasteiger partial charge in [0.1, 0.15) is 0 Å². The second kappa shape index (κ2) is 4.50. The summed E-state index contributed by atoms with van der Waals surface area (Å²) in [5.41, 5.74) is 0.0579. The fourth-order valence-electron chi connectivity index (χ4n) is 1.02. The number of ether oxygens (including phenoxy) is 1. The number of nitro groups is 1. The SMILES string of the molecule is COc1c(F)cc(C=C[N+](=O)[O-])cc1F. The van der Waals surface area contributed by atoms with Crippen molar-refractivity contribution < 1.29 is 18.4 Å². The molecule has 0 spiro atoms. The van der Waals surface area contributed by atoms with Crippen molar-refractivity contribution in [3.8, 4) is 5.75 Å². The van der Waals surface area contributed by atoms with E-state index in [-0.39, 0.29) is 5.56 Å². The number of hydrogen-bond acceptors (Lipinski definition) is 3. The molecule has 0 amide bonds. The maximum absolute atomic E-state index is 13.1. The summed E-state index contributed by atoms with van der Waals surface area (Å²) < 4.78 is 30.6. The summed E-state index contributed by atoms with van der Waals surface area (Å²) in [6.45, 7) is 0. The van der Waals surface area contributed by atoms with Crippen molar-refractivity contribution >= 4 is 6.08 Å². The van der Waals surface area contributed by atoms with E-state index in [4.69, 9.17) is 0 Å². The zero-order valence-electron chi connectivity index (χ0n) is 7.74. The van der Waals surface area contributed by atoms with Crippen molar-refractivity contribution in [2.45, 2.75) is 0 Å². The van der Waals surface area contributed by atoms with Gasteiger partial charge in [-0.3, -0.25) is 10.1 Å². The van der Waals surface area contributed by atoms with Gasteiger partial charge in [0.15, 0.2) is 17.4 Å². The summed E-state index contributed by atoms with van der Waals surface area (Å²) in [5, 5.41) is 9.97. The van der Waals surface area contributed by atoms with Crippen LogP contribution in [0, 0.1) is 21.7 Å². The van der Waals surface area contributed by atoms with Gasteiger partial charge in [-0.2, -0.15) is 0 Å². The van der Waals surface area contributed by atoms with Gasteiger partial charge in [-0.25, -0.2) is 8.78 Å². The Labute approximate surface area is 83.9 Å². The molecule has 4 nitrogen and oxygen atoms in total. The van der Waals surface area contributed by atoms with E-state index in [1.807, 2.05) is 0 Å². The molecule has 0 bridgehead atoms. The van der Waals surface area contributed by atoms with E-state index in [0.29, 0.717) is 6.20 Å². The Kier molecular flexibility index (Phi) is 3.33. The molecule has 15 heavy (non-hydrogen) atoms. The maximum Gasteiger partial charge on any atom is 0.235 e. The number of hydrogen-bond donors (Lipinski definition) is 0. The Balaban J connectivity index is 3.09. The molecule has 0 aliphatic rings. The first-order chi connectivity index (χ1) is 7.04. The largest absolute Gasteiger partial charge is 0.491 e. The average Bonchev–Trinajstić information content (AvgIpc) is 2.14. The molecule has 1 aromatic rings. The lowest BCUT2D eigenvalue weighted by molar-refractivity contribution is -0.400. The van der Waals surface area contributed by atoms with Gasteiger partial charge in [0, 0.05) is 6.08 Å². The zero-order chi connectivity index (χ0) is 11.4. The smallest absolute Gasteiger partial charge is 0.235 e. The molecule has 0 atom stereocenters. The minimum absolute atomic E-state index is 0.0579. The molecule has 0 aromatic heterocycles. The summed E-state index contributed by atoms with van der Waals surface area (Å²) in [4.78, 5) is 9.25. The highest BCUT2D eigenvalue weighted by molar-refractivity contribution is 5.50. The monoisotopic (exact) mass is 215 g/mol. The Bertz CT molecular complexity index is 395. The normalized spacial score (nSPS) is 10.6. The number of methoxy groups -OCH3 is 1. The predicted octanol–water partition coefficient (Wildman–Crippen LogP) is 2.22. The fourth-order valence-corrected chi connectivity index (χ4v) is 1.02. The predicted molar refractivity (Wildman–Crippen MR) is 48.9 cm³/mol. The van der Waals surface area contributed by atoms with E-state index in [9.17, 15) is 18.9 Å². The third-order valence-electron chi connectivity index (χ3n) is 1.61. The highest BCUT2D eigenvalue weighted by Gasteiger charge is 2.10. The average molecular weight is 215 g/mol. The van der Waals surface area contributed by atoms with Crippen LogP contribution in [0.3, 0.4) is 0 Å². The van der Waals surface area contributed by atoms with Crippen LogP contribution in [-0.2, 0) is 0 Å². The number of halogens is 2. The minimum atomic E-state index is -0.902. The van der Waals surface area contributed by atoms with Crippen molar-refractivity contribution in [2.75, 3.05) is 7.11 Å². The molecule has 1 rings (SSSR count). The molecule has 1 aromatic carbocycles. The van der Waals surface area contributed by atoms with E-state index in [2.05, 4.69) is 4.74 Å². The summed E-state index contributed by atoms with van der Waals surface area (Å²) in [5.74, 6) is -2.31. The van der Waals surface area contributed by atoms with Crippen molar-refractivity contribution in [1.29, 1.82) is 0 Å². The van der Waals surface area contributed by atoms with Crippen LogP contribution in [0.2, 0.25) is 0 Å². The van der Waals surface area contributed by atoms with Gasteiger partial charge in [-0.1, -0.05) is 0 Å².